The summed E-state index contributed by atoms with van der Waals surface area (Å²) >= 11 is 0. The van der Waals surface area contributed by atoms with Crippen molar-refractivity contribution in [2.75, 3.05) is 18.9 Å². The van der Waals surface area contributed by atoms with Gasteiger partial charge in [0.2, 0.25) is 0 Å². The van der Waals surface area contributed by atoms with Crippen molar-refractivity contribution in [3.05, 3.63) is 65.5 Å². The van der Waals surface area contributed by atoms with Gasteiger partial charge in [0, 0.05) is 30.9 Å². The molecular formula is C19H22ClFN2O2. The summed E-state index contributed by atoms with van der Waals surface area (Å²) in [5.74, 6) is -0.428. The van der Waals surface area contributed by atoms with Gasteiger partial charge in [0.15, 0.2) is 0 Å². The number of anilines is 1. The van der Waals surface area contributed by atoms with Crippen molar-refractivity contribution in [3.63, 3.8) is 0 Å². The monoisotopic (exact) mass is 364 g/mol. The van der Waals surface area contributed by atoms with E-state index in [2.05, 4.69) is 0 Å². The van der Waals surface area contributed by atoms with Crippen LogP contribution in [0.25, 0.3) is 0 Å². The van der Waals surface area contributed by atoms with Crippen molar-refractivity contribution in [2.45, 2.75) is 25.5 Å². The van der Waals surface area contributed by atoms with E-state index in [-0.39, 0.29) is 30.2 Å². The van der Waals surface area contributed by atoms with Crippen molar-refractivity contribution in [2.24, 2.45) is 0 Å². The maximum Gasteiger partial charge on any atom is 0.254 e. The first-order valence-corrected chi connectivity index (χ1v) is 8.13. The van der Waals surface area contributed by atoms with Crippen LogP contribution in [0.2, 0.25) is 0 Å². The number of hydrogen-bond acceptors (Lipinski definition) is 3. The van der Waals surface area contributed by atoms with Gasteiger partial charge in [-0.1, -0.05) is 18.2 Å². The number of amides is 1. The van der Waals surface area contributed by atoms with Gasteiger partial charge in [0.25, 0.3) is 5.91 Å². The van der Waals surface area contributed by atoms with Gasteiger partial charge in [-0.2, -0.15) is 0 Å². The number of carbonyl (C=O) groups excluding carboxylic acids is 1. The number of ether oxygens (including phenoxy) is 1. The van der Waals surface area contributed by atoms with Gasteiger partial charge in [-0.15, -0.1) is 12.4 Å². The molecule has 2 aromatic carbocycles. The molecule has 1 aliphatic rings. The summed E-state index contributed by atoms with van der Waals surface area (Å²) in [6.45, 7) is 1.56. The van der Waals surface area contributed by atoms with Crippen LogP contribution in [0.3, 0.4) is 0 Å². The molecule has 134 valence electrons. The highest BCUT2D eigenvalue weighted by Crippen LogP contribution is 2.18. The highest BCUT2D eigenvalue weighted by atomic mass is 35.5. The largest absolute Gasteiger partial charge is 0.399 e. The zero-order valence-corrected chi connectivity index (χ0v) is 14.7. The third kappa shape index (κ3) is 5.18. The second-order valence-electron chi connectivity index (χ2n) is 6.08. The number of nitrogen functional groups attached to an aromatic ring is 1. The Morgan fingerprint density at radius 2 is 2.04 bits per heavy atom. The van der Waals surface area contributed by atoms with E-state index in [1.54, 1.807) is 35.2 Å². The van der Waals surface area contributed by atoms with Crippen LogP contribution in [0.4, 0.5) is 10.1 Å². The van der Waals surface area contributed by atoms with E-state index in [9.17, 15) is 9.18 Å². The summed E-state index contributed by atoms with van der Waals surface area (Å²) < 4.78 is 19.1. The first-order chi connectivity index (χ1) is 11.6. The topological polar surface area (TPSA) is 55.6 Å². The van der Waals surface area contributed by atoms with Crippen LogP contribution in [0.5, 0.6) is 0 Å². The van der Waals surface area contributed by atoms with Crippen LogP contribution in [-0.4, -0.2) is 30.1 Å². The quantitative estimate of drug-likeness (QED) is 0.824. The van der Waals surface area contributed by atoms with Crippen LogP contribution >= 0.6 is 12.4 Å². The molecule has 1 heterocycles. The molecule has 3 rings (SSSR count). The lowest BCUT2D eigenvalue weighted by Crippen LogP contribution is -2.37. The average Bonchev–Trinajstić information content (AvgIpc) is 3.07. The van der Waals surface area contributed by atoms with Gasteiger partial charge in [0.05, 0.1) is 6.10 Å². The Morgan fingerprint density at radius 3 is 2.72 bits per heavy atom. The molecule has 0 spiro atoms. The fraction of sp³-hybridized carbons (Fsp3) is 0.316. The van der Waals surface area contributed by atoms with E-state index in [1.165, 1.54) is 12.1 Å². The van der Waals surface area contributed by atoms with E-state index < -0.39 is 0 Å². The van der Waals surface area contributed by atoms with Crippen LogP contribution in [0, 0.1) is 5.82 Å². The smallest absolute Gasteiger partial charge is 0.254 e. The average molecular weight is 365 g/mol. The molecule has 1 aliphatic heterocycles. The van der Waals surface area contributed by atoms with Crippen LogP contribution in [-0.2, 0) is 11.3 Å². The number of nitrogens with zero attached hydrogens (tertiary/aromatic N) is 1. The number of halogens is 2. The molecule has 2 N–H and O–H groups in total. The molecule has 6 heteroatoms. The lowest BCUT2D eigenvalue weighted by Gasteiger charge is -2.26. The maximum absolute atomic E-state index is 13.5. The minimum atomic E-state index is -0.305. The van der Waals surface area contributed by atoms with E-state index in [4.69, 9.17) is 10.5 Å². The van der Waals surface area contributed by atoms with E-state index in [0.29, 0.717) is 24.3 Å². The van der Waals surface area contributed by atoms with Gasteiger partial charge in [-0.3, -0.25) is 4.79 Å². The summed E-state index contributed by atoms with van der Waals surface area (Å²) in [4.78, 5) is 14.6. The van der Waals surface area contributed by atoms with Crippen molar-refractivity contribution in [1.82, 2.24) is 4.90 Å². The van der Waals surface area contributed by atoms with Crippen molar-refractivity contribution >= 4 is 24.0 Å². The van der Waals surface area contributed by atoms with Crippen LogP contribution < -0.4 is 5.73 Å². The number of rotatable bonds is 5. The zero-order valence-electron chi connectivity index (χ0n) is 13.9. The normalized spacial score (nSPS) is 16.3. The molecule has 2 aromatic rings. The Kier molecular flexibility index (Phi) is 6.79. The minimum absolute atomic E-state index is 0. The molecule has 0 aromatic heterocycles. The highest BCUT2D eigenvalue weighted by molar-refractivity contribution is 5.95. The minimum Gasteiger partial charge on any atom is -0.399 e. The van der Waals surface area contributed by atoms with Gasteiger partial charge in [-0.05, 0) is 48.7 Å². The Hall–Kier alpha value is -2.11. The molecule has 1 atom stereocenters. The van der Waals surface area contributed by atoms with Crippen molar-refractivity contribution in [1.29, 1.82) is 0 Å². The van der Waals surface area contributed by atoms with Crippen LogP contribution in [0.15, 0.2) is 48.5 Å². The summed E-state index contributed by atoms with van der Waals surface area (Å²) in [6, 6.07) is 13.2. The SMILES string of the molecule is Cl.Nc1cccc(C(=O)N(Cc2cccc(F)c2)CC2CCCO2)c1. The maximum atomic E-state index is 13.5. The van der Waals surface area contributed by atoms with E-state index >= 15 is 0 Å². The lowest BCUT2D eigenvalue weighted by molar-refractivity contribution is 0.0507. The fourth-order valence-corrected chi connectivity index (χ4v) is 2.96. The molecule has 0 aliphatic carbocycles. The highest BCUT2D eigenvalue weighted by Gasteiger charge is 2.23. The molecule has 1 fully saturated rings. The molecule has 4 nitrogen and oxygen atoms in total. The van der Waals surface area contributed by atoms with Gasteiger partial charge in [0.1, 0.15) is 5.82 Å². The molecule has 1 unspecified atom stereocenters. The molecular weight excluding hydrogens is 343 g/mol. The summed E-state index contributed by atoms with van der Waals surface area (Å²) in [6.07, 6.45) is 1.97. The van der Waals surface area contributed by atoms with Gasteiger partial charge in [-0.25, -0.2) is 4.39 Å². The predicted molar refractivity (Wildman–Crippen MR) is 98.2 cm³/mol. The molecule has 0 radical (unpaired) electrons. The molecule has 1 amide bonds. The van der Waals surface area contributed by atoms with Gasteiger partial charge < -0.3 is 15.4 Å². The standard InChI is InChI=1S/C19H21FN2O2.ClH/c20-16-6-1-4-14(10-16)12-22(13-18-8-3-9-24-18)19(23)15-5-2-7-17(21)11-15;/h1-2,4-7,10-11,18H,3,8-9,12-13,21H2;1H. The Labute approximate surface area is 153 Å². The Bertz CT molecular complexity index is 720. The summed E-state index contributed by atoms with van der Waals surface area (Å²) in [5, 5.41) is 0. The Morgan fingerprint density at radius 1 is 1.24 bits per heavy atom. The third-order valence-corrected chi connectivity index (χ3v) is 4.13. The third-order valence-electron chi connectivity index (χ3n) is 4.13. The second kappa shape index (κ2) is 8.83. The summed E-state index contributed by atoms with van der Waals surface area (Å²) in [5.41, 5.74) is 7.62. The van der Waals surface area contributed by atoms with Crippen molar-refractivity contribution in [3.8, 4) is 0 Å². The number of hydrogen-bond donors (Lipinski definition) is 1. The first kappa shape index (κ1) is 19.2. The predicted octanol–water partition coefficient (Wildman–Crippen LogP) is 3.65. The molecule has 0 bridgehead atoms. The van der Waals surface area contributed by atoms with Gasteiger partial charge >= 0.3 is 0 Å². The molecule has 0 saturated carbocycles. The number of nitrogens with two attached hydrogens (primary N) is 1. The first-order valence-electron chi connectivity index (χ1n) is 8.13. The lowest BCUT2D eigenvalue weighted by atomic mass is 10.1. The van der Waals surface area contributed by atoms with Crippen LogP contribution in [0.1, 0.15) is 28.8 Å². The number of benzene rings is 2. The Balaban J connectivity index is 0.00000225. The second-order valence-corrected chi connectivity index (χ2v) is 6.08. The molecule has 25 heavy (non-hydrogen) atoms. The fourth-order valence-electron chi connectivity index (χ4n) is 2.96. The summed E-state index contributed by atoms with van der Waals surface area (Å²) in [7, 11) is 0. The van der Waals surface area contributed by atoms with E-state index in [0.717, 1.165) is 25.0 Å². The van der Waals surface area contributed by atoms with E-state index in [1.807, 2.05) is 6.07 Å². The van der Waals surface area contributed by atoms with Crippen molar-refractivity contribution < 1.29 is 13.9 Å². The zero-order chi connectivity index (χ0) is 16.9. The number of carbonyl (C=O) groups is 1. The molecule has 1 saturated heterocycles.